The van der Waals surface area contributed by atoms with Crippen LogP contribution in [0.25, 0.3) is 0 Å². The lowest BCUT2D eigenvalue weighted by molar-refractivity contribution is 0.0635. The van der Waals surface area contributed by atoms with E-state index >= 15 is 0 Å². The zero-order valence-corrected chi connectivity index (χ0v) is 11.5. The maximum Gasteiger partial charge on any atom is 0.412 e. The molecule has 1 rings (SSSR count). The van der Waals surface area contributed by atoms with E-state index in [-0.39, 0.29) is 4.47 Å². The Hall–Kier alpha value is -1.24. The Morgan fingerprint density at radius 2 is 1.83 bits per heavy atom. The standard InChI is InChI=1S/C11H11BrF3NO2/c1-11(2,3)18-10(17)16-9-5(12)4-6(13)7(14)8(9)15/h4H,1-3H3,(H,16,17). The first-order chi connectivity index (χ1) is 8.11. The largest absolute Gasteiger partial charge is 0.444 e. The van der Waals surface area contributed by atoms with Crippen LogP contribution in [0.3, 0.4) is 0 Å². The maximum atomic E-state index is 13.4. The molecule has 0 heterocycles. The lowest BCUT2D eigenvalue weighted by atomic mass is 10.2. The number of hydrogen-bond acceptors (Lipinski definition) is 2. The minimum Gasteiger partial charge on any atom is -0.444 e. The number of benzene rings is 1. The maximum absolute atomic E-state index is 13.4. The Bertz CT molecular complexity index is 486. The zero-order valence-electron chi connectivity index (χ0n) is 9.91. The van der Waals surface area contributed by atoms with Gasteiger partial charge in [0, 0.05) is 4.47 Å². The Balaban J connectivity index is 2.99. The van der Waals surface area contributed by atoms with Crippen LogP contribution in [0.15, 0.2) is 10.5 Å². The van der Waals surface area contributed by atoms with E-state index < -0.39 is 34.8 Å². The summed E-state index contributed by atoms with van der Waals surface area (Å²) in [5, 5.41) is 2.01. The molecule has 0 spiro atoms. The molecule has 0 aromatic heterocycles. The molecule has 0 bridgehead atoms. The fourth-order valence-electron chi connectivity index (χ4n) is 1.09. The van der Waals surface area contributed by atoms with Crippen molar-refractivity contribution < 1.29 is 22.7 Å². The monoisotopic (exact) mass is 325 g/mol. The van der Waals surface area contributed by atoms with Crippen molar-refractivity contribution in [3.8, 4) is 0 Å². The van der Waals surface area contributed by atoms with Crippen LogP contribution in [-0.4, -0.2) is 11.7 Å². The Morgan fingerprint density at radius 1 is 1.28 bits per heavy atom. The molecule has 100 valence electrons. The highest BCUT2D eigenvalue weighted by Crippen LogP contribution is 2.29. The van der Waals surface area contributed by atoms with Crippen molar-refractivity contribution in [2.24, 2.45) is 0 Å². The third-order valence-corrected chi connectivity index (χ3v) is 2.37. The number of nitrogens with one attached hydrogen (secondary N) is 1. The van der Waals surface area contributed by atoms with Crippen molar-refractivity contribution in [3.63, 3.8) is 0 Å². The Labute approximate surface area is 110 Å². The van der Waals surface area contributed by atoms with E-state index in [0.717, 1.165) is 0 Å². The number of ether oxygens (including phenoxy) is 1. The fraction of sp³-hybridized carbons (Fsp3) is 0.364. The summed E-state index contributed by atoms with van der Waals surface area (Å²) in [6.07, 6.45) is -0.965. The highest BCUT2D eigenvalue weighted by molar-refractivity contribution is 9.10. The molecule has 18 heavy (non-hydrogen) atoms. The molecule has 1 amide bonds. The third-order valence-electron chi connectivity index (χ3n) is 1.74. The van der Waals surface area contributed by atoms with Gasteiger partial charge in [0.25, 0.3) is 0 Å². The molecule has 0 radical (unpaired) electrons. The van der Waals surface area contributed by atoms with E-state index in [1.54, 1.807) is 20.8 Å². The summed E-state index contributed by atoms with van der Waals surface area (Å²) in [5.41, 5.74) is -1.30. The third kappa shape index (κ3) is 3.63. The lowest BCUT2D eigenvalue weighted by Gasteiger charge is -2.20. The van der Waals surface area contributed by atoms with Crippen LogP contribution in [0.2, 0.25) is 0 Å². The van der Waals surface area contributed by atoms with Crippen LogP contribution >= 0.6 is 15.9 Å². The van der Waals surface area contributed by atoms with Crippen LogP contribution < -0.4 is 5.32 Å². The summed E-state index contributed by atoms with van der Waals surface area (Å²) < 4.78 is 44.0. The molecule has 1 N–H and O–H groups in total. The summed E-state index contributed by atoms with van der Waals surface area (Å²) >= 11 is 2.82. The van der Waals surface area contributed by atoms with Crippen LogP contribution in [-0.2, 0) is 4.74 Å². The minimum atomic E-state index is -1.66. The molecule has 1 aromatic carbocycles. The number of halogens is 4. The molecule has 7 heteroatoms. The lowest BCUT2D eigenvalue weighted by Crippen LogP contribution is -2.27. The first-order valence-electron chi connectivity index (χ1n) is 4.95. The number of carbonyl (C=O) groups is 1. The number of rotatable bonds is 1. The van der Waals surface area contributed by atoms with Crippen molar-refractivity contribution in [3.05, 3.63) is 28.0 Å². The second-order valence-electron chi connectivity index (χ2n) is 4.47. The zero-order chi connectivity index (χ0) is 14.1. The summed E-state index contributed by atoms with van der Waals surface area (Å²) in [6, 6.07) is 0.713. The molecule has 1 aromatic rings. The van der Waals surface area contributed by atoms with Gasteiger partial charge in [-0.1, -0.05) is 0 Å². The number of hydrogen-bond donors (Lipinski definition) is 1. The van der Waals surface area contributed by atoms with Crippen LogP contribution in [0, 0.1) is 17.5 Å². The molecule has 0 saturated carbocycles. The number of carbonyl (C=O) groups excluding carboxylic acids is 1. The van der Waals surface area contributed by atoms with Gasteiger partial charge in [-0.3, -0.25) is 5.32 Å². The van der Waals surface area contributed by atoms with Gasteiger partial charge in [0.1, 0.15) is 5.60 Å². The topological polar surface area (TPSA) is 38.3 Å². The van der Waals surface area contributed by atoms with Gasteiger partial charge < -0.3 is 4.74 Å². The first kappa shape index (κ1) is 14.8. The van der Waals surface area contributed by atoms with E-state index in [4.69, 9.17) is 4.74 Å². The molecule has 0 atom stereocenters. The normalized spacial score (nSPS) is 11.3. The van der Waals surface area contributed by atoms with Gasteiger partial charge in [0.15, 0.2) is 17.5 Å². The molecule has 0 aliphatic rings. The van der Waals surface area contributed by atoms with Crippen molar-refractivity contribution in [2.45, 2.75) is 26.4 Å². The van der Waals surface area contributed by atoms with Crippen LogP contribution in [0.5, 0.6) is 0 Å². The van der Waals surface area contributed by atoms with Crippen molar-refractivity contribution in [2.75, 3.05) is 5.32 Å². The molecule has 0 saturated heterocycles. The summed E-state index contributed by atoms with van der Waals surface area (Å²) in [6.45, 7) is 4.84. The number of anilines is 1. The molecule has 0 aliphatic heterocycles. The van der Waals surface area contributed by atoms with Gasteiger partial charge >= 0.3 is 6.09 Å². The quantitative estimate of drug-likeness (QED) is 0.620. The van der Waals surface area contributed by atoms with Gasteiger partial charge in [-0.15, -0.1) is 0 Å². The van der Waals surface area contributed by atoms with Crippen LogP contribution in [0.1, 0.15) is 20.8 Å². The second kappa shape index (κ2) is 5.17. The average Bonchev–Trinajstić information content (AvgIpc) is 2.19. The van der Waals surface area contributed by atoms with E-state index in [1.807, 2.05) is 5.32 Å². The molecular formula is C11H11BrF3NO2. The van der Waals surface area contributed by atoms with E-state index in [0.29, 0.717) is 6.07 Å². The first-order valence-corrected chi connectivity index (χ1v) is 5.74. The molecule has 3 nitrogen and oxygen atoms in total. The Kier molecular flexibility index (Phi) is 4.26. The van der Waals surface area contributed by atoms with Crippen molar-refractivity contribution >= 4 is 27.7 Å². The van der Waals surface area contributed by atoms with Crippen LogP contribution in [0.4, 0.5) is 23.7 Å². The summed E-state index contributed by atoms with van der Waals surface area (Å²) in [7, 11) is 0. The van der Waals surface area contributed by atoms with Crippen molar-refractivity contribution in [1.29, 1.82) is 0 Å². The molecule has 0 aliphatic carbocycles. The van der Waals surface area contributed by atoms with Gasteiger partial charge in [-0.25, -0.2) is 18.0 Å². The van der Waals surface area contributed by atoms with E-state index in [1.165, 1.54) is 0 Å². The van der Waals surface area contributed by atoms with E-state index in [2.05, 4.69) is 15.9 Å². The Morgan fingerprint density at radius 3 is 2.33 bits per heavy atom. The molecular weight excluding hydrogens is 315 g/mol. The minimum absolute atomic E-state index is 0.121. The smallest absolute Gasteiger partial charge is 0.412 e. The second-order valence-corrected chi connectivity index (χ2v) is 5.32. The van der Waals surface area contributed by atoms with Gasteiger partial charge in [-0.05, 0) is 42.8 Å². The SMILES string of the molecule is CC(C)(C)OC(=O)Nc1c(Br)cc(F)c(F)c1F. The average molecular weight is 326 g/mol. The van der Waals surface area contributed by atoms with E-state index in [9.17, 15) is 18.0 Å². The fourth-order valence-corrected chi connectivity index (χ4v) is 1.56. The molecule has 0 unspecified atom stereocenters. The number of amides is 1. The predicted molar refractivity (Wildman–Crippen MR) is 63.9 cm³/mol. The summed E-state index contributed by atoms with van der Waals surface area (Å²) in [4.78, 5) is 11.4. The van der Waals surface area contributed by atoms with Crippen molar-refractivity contribution in [1.82, 2.24) is 0 Å². The van der Waals surface area contributed by atoms with Gasteiger partial charge in [0.05, 0.1) is 5.69 Å². The van der Waals surface area contributed by atoms with Gasteiger partial charge in [0.2, 0.25) is 0 Å². The molecule has 0 fully saturated rings. The highest BCUT2D eigenvalue weighted by Gasteiger charge is 2.22. The predicted octanol–water partition coefficient (Wildman–Crippen LogP) is 4.21. The summed E-state index contributed by atoms with van der Waals surface area (Å²) in [5.74, 6) is -4.51. The van der Waals surface area contributed by atoms with Gasteiger partial charge in [-0.2, -0.15) is 0 Å². The highest BCUT2D eigenvalue weighted by atomic mass is 79.9.